The molecule has 0 spiro atoms. The van der Waals surface area contributed by atoms with Crippen molar-refractivity contribution in [3.8, 4) is 0 Å². The minimum absolute atomic E-state index is 0.188. The van der Waals surface area contributed by atoms with Gasteiger partial charge in [0.2, 0.25) is 6.54 Å². The molecule has 1 aromatic carbocycles. The molecule has 0 radical (unpaired) electrons. The zero-order valence-electron chi connectivity index (χ0n) is 11.5. The Morgan fingerprint density at radius 1 is 1.33 bits per heavy atom. The third-order valence-electron chi connectivity index (χ3n) is 3.33. The largest absolute Gasteiger partial charge is 0.416 e. The third kappa shape index (κ3) is 4.54. The number of aldehydes is 1. The molecule has 116 valence electrons. The van der Waals surface area contributed by atoms with Crippen LogP contribution in [0, 0.1) is 16.0 Å². The molecule has 2 atom stereocenters. The van der Waals surface area contributed by atoms with Gasteiger partial charge < -0.3 is 4.79 Å². The van der Waals surface area contributed by atoms with Crippen molar-refractivity contribution < 1.29 is 22.9 Å². The van der Waals surface area contributed by atoms with Crippen LogP contribution in [0.2, 0.25) is 0 Å². The summed E-state index contributed by atoms with van der Waals surface area (Å²) < 4.78 is 39.1. The van der Waals surface area contributed by atoms with Crippen LogP contribution in [0.5, 0.6) is 0 Å². The van der Waals surface area contributed by atoms with E-state index in [0.717, 1.165) is 6.07 Å². The van der Waals surface area contributed by atoms with Crippen LogP contribution in [0.1, 0.15) is 36.8 Å². The Bertz CT molecular complexity index is 502. The number of hydrogen-bond acceptors (Lipinski definition) is 3. The van der Waals surface area contributed by atoms with E-state index in [1.807, 2.05) is 0 Å². The first-order valence-corrected chi connectivity index (χ1v) is 6.54. The molecule has 0 aliphatic heterocycles. The van der Waals surface area contributed by atoms with Gasteiger partial charge in [0.15, 0.2) is 0 Å². The van der Waals surface area contributed by atoms with E-state index >= 15 is 0 Å². The van der Waals surface area contributed by atoms with Crippen molar-refractivity contribution in [3.05, 3.63) is 45.5 Å². The number of rotatable bonds is 7. The van der Waals surface area contributed by atoms with Crippen LogP contribution in [0.25, 0.3) is 0 Å². The molecule has 0 N–H and O–H groups in total. The Morgan fingerprint density at radius 2 is 1.95 bits per heavy atom. The molecule has 1 rings (SSSR count). The second kappa shape index (κ2) is 7.19. The highest BCUT2D eigenvalue weighted by molar-refractivity contribution is 5.56. The van der Waals surface area contributed by atoms with Gasteiger partial charge in [0.05, 0.1) is 11.5 Å². The van der Waals surface area contributed by atoms with Crippen molar-refractivity contribution in [2.75, 3.05) is 6.54 Å². The van der Waals surface area contributed by atoms with Gasteiger partial charge in [-0.15, -0.1) is 0 Å². The molecule has 0 aliphatic carbocycles. The number of hydrogen-bond donors (Lipinski definition) is 0. The molecule has 0 aromatic heterocycles. The lowest BCUT2D eigenvalue weighted by molar-refractivity contribution is -0.484. The summed E-state index contributed by atoms with van der Waals surface area (Å²) >= 11 is 0. The molecule has 7 heteroatoms. The summed E-state index contributed by atoms with van der Waals surface area (Å²) in [4.78, 5) is 21.2. The first kappa shape index (κ1) is 17.1. The maximum Gasteiger partial charge on any atom is 0.416 e. The van der Waals surface area contributed by atoms with Crippen LogP contribution >= 0.6 is 0 Å². The highest BCUT2D eigenvalue weighted by Crippen LogP contribution is 2.38. The summed E-state index contributed by atoms with van der Waals surface area (Å²) in [5, 5.41) is 10.8. The predicted molar refractivity (Wildman–Crippen MR) is 70.5 cm³/mol. The molecule has 0 amide bonds. The fourth-order valence-corrected chi connectivity index (χ4v) is 2.40. The molecule has 1 aromatic rings. The number of halogens is 3. The fraction of sp³-hybridized carbons (Fsp3) is 0.500. The van der Waals surface area contributed by atoms with E-state index in [-0.39, 0.29) is 5.56 Å². The number of nitro groups is 1. The van der Waals surface area contributed by atoms with Gasteiger partial charge in [-0.2, -0.15) is 13.2 Å². The second-order valence-corrected chi connectivity index (χ2v) is 4.80. The number of benzene rings is 1. The molecule has 0 fully saturated rings. The molecular weight excluding hydrogens is 287 g/mol. The van der Waals surface area contributed by atoms with Gasteiger partial charge in [-0.25, -0.2) is 0 Å². The average Bonchev–Trinajstić information content (AvgIpc) is 2.41. The van der Waals surface area contributed by atoms with Crippen molar-refractivity contribution in [3.63, 3.8) is 0 Å². The Balaban J connectivity index is 3.32. The van der Waals surface area contributed by atoms with Crippen LogP contribution in [-0.4, -0.2) is 17.8 Å². The van der Waals surface area contributed by atoms with E-state index in [4.69, 9.17) is 0 Å². The number of carbonyl (C=O) groups is 1. The Kier molecular flexibility index (Phi) is 5.87. The highest BCUT2D eigenvalue weighted by atomic mass is 19.4. The number of nitrogens with zero attached hydrogens (tertiary/aromatic N) is 1. The van der Waals surface area contributed by atoms with Crippen molar-refractivity contribution in [1.29, 1.82) is 0 Å². The standard InChI is InChI=1S/C14H16F3NO3/c1-2-5-10(9-19)12(8-18(20)21)11-6-3-4-7-13(11)14(15,16)17/h3-4,6-7,9-10,12H,2,5,8H2,1H3/t10-,12-/m0/s1. The molecule has 0 aliphatic rings. The maximum absolute atomic E-state index is 13.0. The lowest BCUT2D eigenvalue weighted by atomic mass is 9.82. The molecule has 0 saturated heterocycles. The minimum Gasteiger partial charge on any atom is -0.303 e. The van der Waals surface area contributed by atoms with E-state index in [0.29, 0.717) is 19.1 Å². The SMILES string of the molecule is CCC[C@@H](C=O)[C@H](C[N+](=O)[O-])c1ccccc1C(F)(F)F. The van der Waals surface area contributed by atoms with Gasteiger partial charge in [-0.3, -0.25) is 10.1 Å². The maximum atomic E-state index is 13.0. The monoisotopic (exact) mass is 303 g/mol. The first-order chi connectivity index (χ1) is 9.81. The van der Waals surface area contributed by atoms with E-state index in [1.165, 1.54) is 18.2 Å². The first-order valence-electron chi connectivity index (χ1n) is 6.54. The molecule has 21 heavy (non-hydrogen) atoms. The van der Waals surface area contributed by atoms with E-state index < -0.39 is 35.0 Å². The van der Waals surface area contributed by atoms with Gasteiger partial charge in [-0.05, 0) is 18.1 Å². The topological polar surface area (TPSA) is 60.2 Å². The van der Waals surface area contributed by atoms with Gasteiger partial charge in [0, 0.05) is 10.8 Å². The van der Waals surface area contributed by atoms with Gasteiger partial charge >= 0.3 is 6.18 Å². The number of carbonyl (C=O) groups excluding carboxylic acids is 1. The van der Waals surface area contributed by atoms with E-state index in [9.17, 15) is 28.1 Å². The van der Waals surface area contributed by atoms with Crippen molar-refractivity contribution >= 4 is 6.29 Å². The van der Waals surface area contributed by atoms with Crippen LogP contribution in [-0.2, 0) is 11.0 Å². The number of alkyl halides is 3. The summed E-state index contributed by atoms with van der Waals surface area (Å²) in [6, 6.07) is 4.72. The lowest BCUT2D eigenvalue weighted by Crippen LogP contribution is -2.25. The van der Waals surface area contributed by atoms with Crippen LogP contribution in [0.15, 0.2) is 24.3 Å². The van der Waals surface area contributed by atoms with Gasteiger partial charge in [0.25, 0.3) is 0 Å². The van der Waals surface area contributed by atoms with Crippen LogP contribution < -0.4 is 0 Å². The quantitative estimate of drug-likeness (QED) is 0.438. The smallest absolute Gasteiger partial charge is 0.303 e. The summed E-state index contributed by atoms with van der Waals surface area (Å²) in [6.07, 6.45) is -3.21. The van der Waals surface area contributed by atoms with E-state index in [1.54, 1.807) is 6.92 Å². The molecule has 0 bridgehead atoms. The predicted octanol–water partition coefficient (Wildman–Crippen LogP) is 3.68. The third-order valence-corrected chi connectivity index (χ3v) is 3.33. The minimum atomic E-state index is -4.61. The van der Waals surface area contributed by atoms with Crippen LogP contribution in [0.4, 0.5) is 13.2 Å². The van der Waals surface area contributed by atoms with Crippen molar-refractivity contribution in [1.82, 2.24) is 0 Å². The Labute approximate surface area is 120 Å². The normalized spacial score (nSPS) is 14.5. The zero-order valence-corrected chi connectivity index (χ0v) is 11.5. The summed E-state index contributed by atoms with van der Waals surface area (Å²) in [7, 11) is 0. The Morgan fingerprint density at radius 3 is 2.43 bits per heavy atom. The Hall–Kier alpha value is -1.92. The van der Waals surface area contributed by atoms with E-state index in [2.05, 4.69) is 0 Å². The molecular formula is C14H16F3NO3. The van der Waals surface area contributed by atoms with Crippen LogP contribution in [0.3, 0.4) is 0 Å². The average molecular weight is 303 g/mol. The molecule has 4 nitrogen and oxygen atoms in total. The molecule has 0 heterocycles. The summed E-state index contributed by atoms with van der Waals surface area (Å²) in [6.45, 7) is 1.08. The lowest BCUT2D eigenvalue weighted by Gasteiger charge is -2.23. The highest BCUT2D eigenvalue weighted by Gasteiger charge is 2.38. The van der Waals surface area contributed by atoms with Crippen molar-refractivity contribution in [2.24, 2.45) is 5.92 Å². The molecule has 0 unspecified atom stereocenters. The van der Waals surface area contributed by atoms with Gasteiger partial charge in [0.1, 0.15) is 6.29 Å². The fourth-order valence-electron chi connectivity index (χ4n) is 2.40. The summed E-state index contributed by atoms with van der Waals surface area (Å²) in [5.74, 6) is -1.88. The van der Waals surface area contributed by atoms with Gasteiger partial charge in [-0.1, -0.05) is 31.5 Å². The zero-order chi connectivity index (χ0) is 16.0. The summed E-state index contributed by atoms with van der Waals surface area (Å²) in [5.41, 5.74) is -1.10. The molecule has 0 saturated carbocycles. The van der Waals surface area contributed by atoms with Crippen molar-refractivity contribution in [2.45, 2.75) is 31.9 Å². The second-order valence-electron chi connectivity index (χ2n) is 4.80.